The number of para-hydroxylation sites is 1. The van der Waals surface area contributed by atoms with Gasteiger partial charge in [-0.05, 0) is 40.5 Å². The van der Waals surface area contributed by atoms with Crippen LogP contribution in [0.15, 0.2) is 40.2 Å². The Morgan fingerprint density at radius 2 is 2.10 bits per heavy atom. The summed E-state index contributed by atoms with van der Waals surface area (Å²) >= 11 is 4.86. The van der Waals surface area contributed by atoms with Gasteiger partial charge in [0, 0.05) is 16.6 Å². The van der Waals surface area contributed by atoms with Gasteiger partial charge in [0.15, 0.2) is 5.78 Å². The van der Waals surface area contributed by atoms with E-state index in [9.17, 15) is 4.79 Å². The lowest BCUT2D eigenvalue weighted by Crippen LogP contribution is -2.25. The van der Waals surface area contributed by atoms with E-state index >= 15 is 0 Å². The number of carbonyl (C=O) groups excluding carboxylic acids is 1. The molecule has 0 saturated heterocycles. The number of ketones is 1. The normalized spacial score (nSPS) is 10.8. The van der Waals surface area contributed by atoms with Crippen molar-refractivity contribution >= 4 is 33.0 Å². The lowest BCUT2D eigenvalue weighted by atomic mass is 10.2. The Morgan fingerprint density at radius 1 is 1.35 bits per heavy atom. The number of likely N-dealkylation sites (N-methyl/N-ethyl adjacent to an activating group) is 1. The summed E-state index contributed by atoms with van der Waals surface area (Å²) in [7, 11) is 3.60. The van der Waals surface area contributed by atoms with E-state index in [0.29, 0.717) is 13.1 Å². The van der Waals surface area contributed by atoms with E-state index in [1.54, 1.807) is 7.11 Å². The van der Waals surface area contributed by atoms with Crippen LogP contribution in [0.1, 0.15) is 15.2 Å². The molecule has 0 N–H and O–H groups in total. The third kappa shape index (κ3) is 3.69. The minimum absolute atomic E-state index is 0.129. The summed E-state index contributed by atoms with van der Waals surface area (Å²) in [5.74, 6) is 0.980. The summed E-state index contributed by atoms with van der Waals surface area (Å²) < 4.78 is 6.20. The summed E-state index contributed by atoms with van der Waals surface area (Å²) in [6.07, 6.45) is 0. The van der Waals surface area contributed by atoms with Gasteiger partial charge < -0.3 is 4.74 Å². The van der Waals surface area contributed by atoms with Gasteiger partial charge in [0.05, 0.1) is 18.5 Å². The average Bonchev–Trinajstić information content (AvgIpc) is 2.85. The summed E-state index contributed by atoms with van der Waals surface area (Å²) in [6.45, 7) is 1.07. The molecule has 20 heavy (non-hydrogen) atoms. The highest BCUT2D eigenvalue weighted by Crippen LogP contribution is 2.24. The summed E-state index contributed by atoms with van der Waals surface area (Å²) in [6, 6.07) is 9.76. The van der Waals surface area contributed by atoms with Crippen LogP contribution in [-0.2, 0) is 6.54 Å². The molecule has 0 bridgehead atoms. The van der Waals surface area contributed by atoms with E-state index in [1.807, 2.05) is 47.7 Å². The highest BCUT2D eigenvalue weighted by Gasteiger charge is 2.15. The van der Waals surface area contributed by atoms with Gasteiger partial charge in [-0.15, -0.1) is 11.3 Å². The molecule has 0 fully saturated rings. The van der Waals surface area contributed by atoms with Gasteiger partial charge in [0.25, 0.3) is 0 Å². The molecular weight excluding hydrogens is 338 g/mol. The molecule has 0 amide bonds. The number of thiophene rings is 1. The molecule has 0 aliphatic heterocycles. The van der Waals surface area contributed by atoms with Crippen LogP contribution >= 0.6 is 27.3 Å². The third-order valence-corrected chi connectivity index (χ3v) is 4.80. The maximum atomic E-state index is 12.2. The Hall–Kier alpha value is -1.17. The maximum absolute atomic E-state index is 12.2. The summed E-state index contributed by atoms with van der Waals surface area (Å²) in [5, 5.41) is 1.91. The van der Waals surface area contributed by atoms with E-state index in [2.05, 4.69) is 15.9 Å². The number of methoxy groups -OCH3 is 1. The SMILES string of the molecule is COc1ccccc1CN(C)CC(=O)c1sccc1Br. The molecule has 5 heteroatoms. The molecule has 2 aromatic rings. The number of hydrogen-bond donors (Lipinski definition) is 0. The van der Waals surface area contributed by atoms with Crippen molar-refractivity contribution in [1.82, 2.24) is 4.90 Å². The number of halogens is 1. The van der Waals surface area contributed by atoms with E-state index in [4.69, 9.17) is 4.74 Å². The molecule has 0 spiro atoms. The van der Waals surface area contributed by atoms with Gasteiger partial charge >= 0.3 is 0 Å². The highest BCUT2D eigenvalue weighted by atomic mass is 79.9. The Balaban J connectivity index is 2.01. The first-order chi connectivity index (χ1) is 9.61. The van der Waals surface area contributed by atoms with Crippen LogP contribution in [0, 0.1) is 0 Å². The van der Waals surface area contributed by atoms with Crippen molar-refractivity contribution in [1.29, 1.82) is 0 Å². The smallest absolute Gasteiger partial charge is 0.187 e. The van der Waals surface area contributed by atoms with Crippen LogP contribution in [0.4, 0.5) is 0 Å². The fraction of sp³-hybridized carbons (Fsp3) is 0.267. The second-order valence-electron chi connectivity index (χ2n) is 4.50. The molecule has 0 radical (unpaired) electrons. The quantitative estimate of drug-likeness (QED) is 0.739. The van der Waals surface area contributed by atoms with Crippen molar-refractivity contribution in [3.8, 4) is 5.75 Å². The van der Waals surface area contributed by atoms with Crippen molar-refractivity contribution in [2.75, 3.05) is 20.7 Å². The van der Waals surface area contributed by atoms with E-state index in [1.165, 1.54) is 11.3 Å². The van der Waals surface area contributed by atoms with Crippen molar-refractivity contribution in [2.45, 2.75) is 6.54 Å². The van der Waals surface area contributed by atoms with Crippen LogP contribution < -0.4 is 4.74 Å². The lowest BCUT2D eigenvalue weighted by molar-refractivity contribution is 0.0946. The second kappa shape index (κ2) is 7.02. The summed E-state index contributed by atoms with van der Waals surface area (Å²) in [4.78, 5) is 15.0. The number of carbonyl (C=O) groups is 1. The fourth-order valence-corrected chi connectivity index (χ4v) is 3.52. The molecule has 0 unspecified atom stereocenters. The number of rotatable bonds is 6. The second-order valence-corrected chi connectivity index (χ2v) is 6.28. The van der Waals surface area contributed by atoms with Gasteiger partial charge in [-0.2, -0.15) is 0 Å². The van der Waals surface area contributed by atoms with Crippen LogP contribution in [0.5, 0.6) is 5.75 Å². The monoisotopic (exact) mass is 353 g/mol. The number of nitrogens with zero attached hydrogens (tertiary/aromatic N) is 1. The Kier molecular flexibility index (Phi) is 5.34. The van der Waals surface area contributed by atoms with Crippen LogP contribution in [0.25, 0.3) is 0 Å². The maximum Gasteiger partial charge on any atom is 0.187 e. The first-order valence-electron chi connectivity index (χ1n) is 6.18. The van der Waals surface area contributed by atoms with Crippen LogP contribution in [-0.4, -0.2) is 31.4 Å². The van der Waals surface area contributed by atoms with Gasteiger partial charge in [-0.25, -0.2) is 0 Å². The largest absolute Gasteiger partial charge is 0.496 e. The molecular formula is C15H16BrNO2S. The number of benzene rings is 1. The highest BCUT2D eigenvalue weighted by molar-refractivity contribution is 9.10. The van der Waals surface area contributed by atoms with E-state index in [0.717, 1.165) is 20.7 Å². The van der Waals surface area contributed by atoms with Crippen molar-refractivity contribution < 1.29 is 9.53 Å². The fourth-order valence-electron chi connectivity index (χ4n) is 1.99. The zero-order valence-electron chi connectivity index (χ0n) is 11.4. The molecule has 106 valence electrons. The molecule has 0 atom stereocenters. The molecule has 0 aliphatic rings. The van der Waals surface area contributed by atoms with Crippen molar-refractivity contribution in [2.24, 2.45) is 0 Å². The minimum atomic E-state index is 0.129. The first kappa shape index (κ1) is 15.2. The molecule has 1 heterocycles. The molecule has 2 rings (SSSR count). The molecule has 1 aromatic heterocycles. The zero-order valence-corrected chi connectivity index (χ0v) is 13.8. The van der Waals surface area contributed by atoms with Gasteiger partial charge in [-0.3, -0.25) is 9.69 Å². The molecule has 0 saturated carbocycles. The van der Waals surface area contributed by atoms with Crippen molar-refractivity contribution in [3.63, 3.8) is 0 Å². The predicted octanol–water partition coefficient (Wildman–Crippen LogP) is 3.83. The zero-order chi connectivity index (χ0) is 14.5. The molecule has 1 aromatic carbocycles. The Bertz CT molecular complexity index is 597. The number of Topliss-reactive ketones (excluding diaryl/α,β-unsaturated/α-hetero) is 1. The summed E-state index contributed by atoms with van der Waals surface area (Å²) in [5.41, 5.74) is 1.08. The van der Waals surface area contributed by atoms with Crippen LogP contribution in [0.2, 0.25) is 0 Å². The van der Waals surface area contributed by atoms with Gasteiger partial charge in [-0.1, -0.05) is 18.2 Å². The topological polar surface area (TPSA) is 29.5 Å². The van der Waals surface area contributed by atoms with E-state index < -0.39 is 0 Å². The lowest BCUT2D eigenvalue weighted by Gasteiger charge is -2.17. The number of ether oxygens (including phenoxy) is 1. The molecule has 0 aliphatic carbocycles. The van der Waals surface area contributed by atoms with Crippen LogP contribution in [0.3, 0.4) is 0 Å². The first-order valence-corrected chi connectivity index (χ1v) is 7.85. The van der Waals surface area contributed by atoms with Gasteiger partial charge in [0.2, 0.25) is 0 Å². The predicted molar refractivity (Wildman–Crippen MR) is 85.7 cm³/mol. The Labute approximate surface area is 131 Å². The number of hydrogen-bond acceptors (Lipinski definition) is 4. The average molecular weight is 354 g/mol. The van der Waals surface area contributed by atoms with Gasteiger partial charge in [0.1, 0.15) is 5.75 Å². The van der Waals surface area contributed by atoms with Crippen molar-refractivity contribution in [3.05, 3.63) is 50.6 Å². The minimum Gasteiger partial charge on any atom is -0.496 e. The third-order valence-electron chi connectivity index (χ3n) is 2.92. The molecule has 3 nitrogen and oxygen atoms in total. The Morgan fingerprint density at radius 3 is 2.75 bits per heavy atom. The van der Waals surface area contributed by atoms with E-state index in [-0.39, 0.29) is 5.78 Å². The standard InChI is InChI=1S/C15H16BrNO2S/c1-17(9-11-5-3-4-6-14(11)19-2)10-13(18)15-12(16)7-8-20-15/h3-8H,9-10H2,1-2H3.